The van der Waals surface area contributed by atoms with E-state index in [0.717, 1.165) is 55.5 Å². The number of pyridine rings is 1. The minimum Gasteiger partial charge on any atom is -0.503 e. The van der Waals surface area contributed by atoms with Crippen molar-refractivity contribution in [2.45, 2.75) is 0 Å². The first kappa shape index (κ1) is 25.9. The summed E-state index contributed by atoms with van der Waals surface area (Å²) in [5.74, 6) is 1.18. The SMILES string of the molecule is [Pt+2].[c-]1c(Oc2[c-]c3c(cc2)c2ccccc2n2c(-c4ccccc4)c(-c4ccccc4)nc32)cccc1-n1cccn1. The van der Waals surface area contributed by atoms with Crippen LogP contribution in [0.3, 0.4) is 0 Å². The van der Waals surface area contributed by atoms with E-state index in [0.29, 0.717) is 11.5 Å². The van der Waals surface area contributed by atoms with Crippen molar-refractivity contribution in [2.75, 3.05) is 0 Å². The van der Waals surface area contributed by atoms with Crippen molar-refractivity contribution in [1.29, 1.82) is 0 Å². The summed E-state index contributed by atoms with van der Waals surface area (Å²) in [6, 6.07) is 47.8. The maximum absolute atomic E-state index is 6.30. The van der Waals surface area contributed by atoms with E-state index in [1.807, 2.05) is 48.7 Å². The van der Waals surface area contributed by atoms with E-state index < -0.39 is 0 Å². The molecule has 0 saturated heterocycles. The second-order valence-electron chi connectivity index (χ2n) is 9.78. The van der Waals surface area contributed by atoms with E-state index in [2.05, 4.69) is 100 Å². The molecular weight excluding hydrogens is 700 g/mol. The van der Waals surface area contributed by atoms with Crippen LogP contribution in [0, 0.1) is 12.1 Å². The van der Waals surface area contributed by atoms with Gasteiger partial charge in [0.05, 0.1) is 17.0 Å². The van der Waals surface area contributed by atoms with Crippen molar-refractivity contribution < 1.29 is 25.8 Å². The van der Waals surface area contributed by atoms with Crippen LogP contribution in [-0.2, 0) is 21.1 Å². The van der Waals surface area contributed by atoms with E-state index >= 15 is 0 Å². The minimum absolute atomic E-state index is 0. The zero-order chi connectivity index (χ0) is 27.2. The van der Waals surface area contributed by atoms with Gasteiger partial charge in [0.1, 0.15) is 0 Å². The molecule has 0 bridgehead atoms. The van der Waals surface area contributed by atoms with Crippen molar-refractivity contribution in [1.82, 2.24) is 19.2 Å². The van der Waals surface area contributed by atoms with Gasteiger partial charge in [-0.05, 0) is 28.8 Å². The van der Waals surface area contributed by atoms with E-state index in [-0.39, 0.29) is 21.1 Å². The molecule has 3 heterocycles. The maximum atomic E-state index is 6.30. The molecule has 0 aliphatic heterocycles. The minimum atomic E-state index is 0. The quantitative estimate of drug-likeness (QED) is 0.132. The number of benzene rings is 5. The molecule has 42 heavy (non-hydrogen) atoms. The van der Waals surface area contributed by atoms with Gasteiger partial charge in [0.25, 0.3) is 0 Å². The van der Waals surface area contributed by atoms with Crippen LogP contribution in [0.15, 0.2) is 134 Å². The summed E-state index contributed by atoms with van der Waals surface area (Å²) in [5, 5.41) is 7.40. The third kappa shape index (κ3) is 4.39. The van der Waals surface area contributed by atoms with Crippen molar-refractivity contribution >= 4 is 27.3 Å². The van der Waals surface area contributed by atoms with Gasteiger partial charge in [-0.3, -0.25) is 9.67 Å². The van der Waals surface area contributed by atoms with Crippen LogP contribution in [0.2, 0.25) is 0 Å². The van der Waals surface area contributed by atoms with Gasteiger partial charge in [-0.2, -0.15) is 11.2 Å². The summed E-state index contributed by atoms with van der Waals surface area (Å²) in [6.45, 7) is 0. The molecule has 5 aromatic carbocycles. The number of aromatic nitrogens is 4. The van der Waals surface area contributed by atoms with Crippen LogP contribution in [0.25, 0.3) is 55.5 Å². The largest absolute Gasteiger partial charge is 2.00 e. The van der Waals surface area contributed by atoms with Gasteiger partial charge in [0.2, 0.25) is 0 Å². The molecule has 6 heteroatoms. The molecule has 0 aliphatic rings. The molecule has 3 aromatic heterocycles. The number of hydrogen-bond acceptors (Lipinski definition) is 3. The van der Waals surface area contributed by atoms with Crippen molar-refractivity contribution in [3.63, 3.8) is 0 Å². The average Bonchev–Trinajstić information content (AvgIpc) is 3.72. The molecule has 0 aliphatic carbocycles. The molecule has 0 radical (unpaired) electrons. The summed E-state index contributed by atoms with van der Waals surface area (Å²) < 4.78 is 10.3. The molecule has 5 nitrogen and oxygen atoms in total. The fourth-order valence-corrected chi connectivity index (χ4v) is 5.47. The van der Waals surface area contributed by atoms with Gasteiger partial charge in [-0.15, -0.1) is 30.3 Å². The zero-order valence-corrected chi connectivity index (χ0v) is 24.5. The smallest absolute Gasteiger partial charge is 0.503 e. The maximum Gasteiger partial charge on any atom is 2.00 e. The Morgan fingerprint density at radius 3 is 2.14 bits per heavy atom. The summed E-state index contributed by atoms with van der Waals surface area (Å²) >= 11 is 0. The number of imidazole rings is 1. The standard InChI is InChI=1S/C36H22N4O.Pt/c1-3-11-25(12-4-1)34-35(26-13-5-2-6-14-26)40-33-18-8-7-17-31(33)30-20-19-29(24-32(30)36(40)38-34)41-28-16-9-15-27(23-28)39-22-10-21-37-39;/h1-22H;/q-2;+2. The summed E-state index contributed by atoms with van der Waals surface area (Å²) in [6.07, 6.45) is 3.62. The van der Waals surface area contributed by atoms with Crippen LogP contribution >= 0.6 is 0 Å². The second-order valence-corrected chi connectivity index (χ2v) is 9.78. The molecule has 0 fully saturated rings. The summed E-state index contributed by atoms with van der Waals surface area (Å²) in [7, 11) is 0. The molecule has 0 N–H and O–H groups in total. The molecular formula is C36H22N4OPt. The van der Waals surface area contributed by atoms with Crippen molar-refractivity contribution in [2.24, 2.45) is 0 Å². The summed E-state index contributed by atoms with van der Waals surface area (Å²) in [5.41, 5.74) is 6.85. The Labute approximate surface area is 256 Å². The van der Waals surface area contributed by atoms with Gasteiger partial charge < -0.3 is 9.14 Å². The van der Waals surface area contributed by atoms with Gasteiger partial charge >= 0.3 is 21.1 Å². The van der Waals surface area contributed by atoms with E-state index in [9.17, 15) is 0 Å². The number of fused-ring (bicyclic) bond motifs is 6. The van der Waals surface area contributed by atoms with E-state index in [1.165, 1.54) is 0 Å². The molecule has 8 rings (SSSR count). The predicted octanol–water partition coefficient (Wildman–Crippen LogP) is 8.55. The fraction of sp³-hybridized carbons (Fsp3) is 0. The Hall–Kier alpha value is -4.99. The number of rotatable bonds is 5. The Bertz CT molecular complexity index is 2170. The van der Waals surface area contributed by atoms with Crippen molar-refractivity contribution in [3.05, 3.63) is 146 Å². The van der Waals surface area contributed by atoms with Gasteiger partial charge in [0.15, 0.2) is 0 Å². The molecule has 0 saturated carbocycles. The van der Waals surface area contributed by atoms with Crippen molar-refractivity contribution in [3.8, 4) is 39.7 Å². The van der Waals surface area contributed by atoms with Crippen LogP contribution in [0.4, 0.5) is 0 Å². The van der Waals surface area contributed by atoms with Crippen LogP contribution in [-0.4, -0.2) is 19.2 Å². The third-order valence-corrected chi connectivity index (χ3v) is 7.27. The molecule has 8 aromatic rings. The Balaban J connectivity index is 0.00000288. The normalized spacial score (nSPS) is 11.1. The monoisotopic (exact) mass is 721 g/mol. The first-order valence-electron chi connectivity index (χ1n) is 13.4. The van der Waals surface area contributed by atoms with Crippen LogP contribution < -0.4 is 4.74 Å². The first-order valence-corrected chi connectivity index (χ1v) is 13.4. The Morgan fingerprint density at radius 1 is 0.619 bits per heavy atom. The molecule has 0 unspecified atom stereocenters. The number of nitrogens with zero attached hydrogens (tertiary/aromatic N) is 4. The van der Waals surface area contributed by atoms with Gasteiger partial charge in [0, 0.05) is 35.0 Å². The summed E-state index contributed by atoms with van der Waals surface area (Å²) in [4.78, 5) is 5.29. The molecule has 0 spiro atoms. The topological polar surface area (TPSA) is 44.4 Å². The molecule has 202 valence electrons. The van der Waals surface area contributed by atoms with Gasteiger partial charge in [-0.1, -0.05) is 95.7 Å². The molecule has 0 amide bonds. The Kier molecular flexibility index (Phi) is 6.65. The number of ether oxygens (including phenoxy) is 1. The number of hydrogen-bond donors (Lipinski definition) is 0. The molecule has 0 atom stereocenters. The number of para-hydroxylation sites is 1. The zero-order valence-electron chi connectivity index (χ0n) is 22.2. The first-order chi connectivity index (χ1) is 20.3. The fourth-order valence-electron chi connectivity index (χ4n) is 5.47. The predicted molar refractivity (Wildman–Crippen MR) is 162 cm³/mol. The van der Waals surface area contributed by atoms with E-state index in [1.54, 1.807) is 10.9 Å². The van der Waals surface area contributed by atoms with Gasteiger partial charge in [-0.25, -0.2) is 0 Å². The van der Waals surface area contributed by atoms with Crippen LogP contribution in [0.5, 0.6) is 11.5 Å². The van der Waals surface area contributed by atoms with Crippen LogP contribution in [0.1, 0.15) is 0 Å². The second kappa shape index (κ2) is 10.8. The third-order valence-electron chi connectivity index (χ3n) is 7.27. The van der Waals surface area contributed by atoms with E-state index in [4.69, 9.17) is 9.72 Å². The Morgan fingerprint density at radius 2 is 1.36 bits per heavy atom. The average molecular weight is 722 g/mol.